The van der Waals surface area contributed by atoms with Gasteiger partial charge in [-0.05, 0) is 26.3 Å². The summed E-state index contributed by atoms with van der Waals surface area (Å²) in [6, 6.07) is 7.94. The highest BCUT2D eigenvalue weighted by Gasteiger charge is 2.38. The standard InChI is InChI=1S/C18H20N2O4S/c1-4-23-18(22)17-20(8-9-24-17)16(21)14-15(25-12(3)19-14)13-7-5-6-11(2)10-13/h5-7,10,17H,4,8-9H2,1-3H3. The Labute approximate surface area is 150 Å². The first-order valence-electron chi connectivity index (χ1n) is 8.15. The molecule has 1 aromatic heterocycles. The van der Waals surface area contributed by atoms with Crippen molar-refractivity contribution in [2.45, 2.75) is 27.0 Å². The highest BCUT2D eigenvalue weighted by atomic mass is 32.1. The molecule has 1 amide bonds. The summed E-state index contributed by atoms with van der Waals surface area (Å²) in [6.45, 7) is 6.47. The van der Waals surface area contributed by atoms with E-state index in [9.17, 15) is 9.59 Å². The van der Waals surface area contributed by atoms with Crippen LogP contribution in [-0.4, -0.2) is 47.7 Å². The number of carbonyl (C=O) groups excluding carboxylic acids is 2. The van der Waals surface area contributed by atoms with Crippen LogP contribution in [-0.2, 0) is 14.3 Å². The third-order valence-electron chi connectivity index (χ3n) is 3.86. The Morgan fingerprint density at radius 1 is 1.40 bits per heavy atom. The van der Waals surface area contributed by atoms with Gasteiger partial charge in [-0.1, -0.05) is 29.8 Å². The van der Waals surface area contributed by atoms with E-state index >= 15 is 0 Å². The number of carbonyl (C=O) groups is 2. The van der Waals surface area contributed by atoms with Crippen molar-refractivity contribution in [1.29, 1.82) is 0 Å². The predicted molar refractivity (Wildman–Crippen MR) is 94.4 cm³/mol. The third kappa shape index (κ3) is 3.57. The van der Waals surface area contributed by atoms with Crippen LogP contribution in [0.15, 0.2) is 24.3 Å². The molecular formula is C18H20N2O4S. The van der Waals surface area contributed by atoms with Crippen LogP contribution in [0.3, 0.4) is 0 Å². The molecule has 1 atom stereocenters. The number of nitrogens with zero attached hydrogens (tertiary/aromatic N) is 2. The second kappa shape index (κ2) is 7.33. The minimum atomic E-state index is -1.00. The number of esters is 1. The van der Waals surface area contributed by atoms with Gasteiger partial charge in [0.2, 0.25) is 6.23 Å². The van der Waals surface area contributed by atoms with Crippen molar-refractivity contribution in [3.05, 3.63) is 40.5 Å². The third-order valence-corrected chi connectivity index (χ3v) is 4.88. The maximum Gasteiger partial charge on any atom is 0.356 e. The number of hydrogen-bond donors (Lipinski definition) is 0. The molecule has 0 N–H and O–H groups in total. The summed E-state index contributed by atoms with van der Waals surface area (Å²) in [6.07, 6.45) is -1.00. The molecule has 2 aromatic rings. The van der Waals surface area contributed by atoms with E-state index in [0.29, 0.717) is 18.8 Å². The maximum absolute atomic E-state index is 13.0. The molecule has 1 aromatic carbocycles. The van der Waals surface area contributed by atoms with Crippen LogP contribution >= 0.6 is 11.3 Å². The van der Waals surface area contributed by atoms with E-state index in [1.54, 1.807) is 6.92 Å². The van der Waals surface area contributed by atoms with Gasteiger partial charge in [-0.25, -0.2) is 9.78 Å². The van der Waals surface area contributed by atoms with Gasteiger partial charge < -0.3 is 9.47 Å². The molecular weight excluding hydrogens is 340 g/mol. The quantitative estimate of drug-likeness (QED) is 0.784. The Balaban J connectivity index is 1.94. The highest BCUT2D eigenvalue weighted by Crippen LogP contribution is 2.32. The number of rotatable bonds is 4. The minimum Gasteiger partial charge on any atom is -0.463 e. The normalized spacial score (nSPS) is 16.9. The topological polar surface area (TPSA) is 68.7 Å². The summed E-state index contributed by atoms with van der Waals surface area (Å²) in [5.74, 6) is -0.853. The van der Waals surface area contributed by atoms with Crippen molar-refractivity contribution in [2.24, 2.45) is 0 Å². The number of benzene rings is 1. The second-order valence-electron chi connectivity index (χ2n) is 5.75. The van der Waals surface area contributed by atoms with E-state index in [1.165, 1.54) is 16.2 Å². The molecule has 2 heterocycles. The summed E-state index contributed by atoms with van der Waals surface area (Å²) < 4.78 is 10.4. The van der Waals surface area contributed by atoms with Gasteiger partial charge in [0.25, 0.3) is 5.91 Å². The largest absolute Gasteiger partial charge is 0.463 e. The van der Waals surface area contributed by atoms with Gasteiger partial charge in [0, 0.05) is 6.54 Å². The molecule has 0 aliphatic carbocycles. The van der Waals surface area contributed by atoms with Crippen molar-refractivity contribution in [1.82, 2.24) is 9.88 Å². The maximum atomic E-state index is 13.0. The number of amides is 1. The molecule has 1 aliphatic heterocycles. The first kappa shape index (κ1) is 17.6. The monoisotopic (exact) mass is 360 g/mol. The number of hydrogen-bond acceptors (Lipinski definition) is 6. The molecule has 1 unspecified atom stereocenters. The SMILES string of the molecule is CCOC(=O)C1OCCN1C(=O)c1nc(C)sc1-c1cccc(C)c1. The van der Waals surface area contributed by atoms with Gasteiger partial charge in [0.05, 0.1) is 23.1 Å². The van der Waals surface area contributed by atoms with Crippen molar-refractivity contribution in [3.63, 3.8) is 0 Å². The van der Waals surface area contributed by atoms with Crippen LogP contribution in [0.5, 0.6) is 0 Å². The Morgan fingerprint density at radius 2 is 2.20 bits per heavy atom. The molecule has 1 aliphatic rings. The minimum absolute atomic E-state index is 0.241. The molecule has 0 radical (unpaired) electrons. The van der Waals surface area contributed by atoms with E-state index < -0.39 is 12.2 Å². The molecule has 7 heteroatoms. The lowest BCUT2D eigenvalue weighted by Gasteiger charge is -2.21. The zero-order chi connectivity index (χ0) is 18.0. The Hall–Kier alpha value is -2.25. The lowest BCUT2D eigenvalue weighted by molar-refractivity contribution is -0.159. The molecule has 0 saturated carbocycles. The van der Waals surface area contributed by atoms with Crippen molar-refractivity contribution in [2.75, 3.05) is 19.8 Å². The van der Waals surface area contributed by atoms with E-state index in [1.807, 2.05) is 38.1 Å². The number of aromatic nitrogens is 1. The van der Waals surface area contributed by atoms with Gasteiger partial charge in [0.15, 0.2) is 0 Å². The first-order chi connectivity index (χ1) is 12.0. The molecule has 1 fully saturated rings. The predicted octanol–water partition coefficient (Wildman–Crippen LogP) is 2.79. The molecule has 25 heavy (non-hydrogen) atoms. The van der Waals surface area contributed by atoms with Gasteiger partial charge in [-0.15, -0.1) is 11.3 Å². The van der Waals surface area contributed by atoms with Crippen LogP contribution in [0.4, 0.5) is 0 Å². The van der Waals surface area contributed by atoms with E-state index in [4.69, 9.17) is 9.47 Å². The van der Waals surface area contributed by atoms with Crippen LogP contribution < -0.4 is 0 Å². The average Bonchev–Trinajstić information content (AvgIpc) is 3.21. The van der Waals surface area contributed by atoms with Crippen LogP contribution in [0, 0.1) is 13.8 Å². The van der Waals surface area contributed by atoms with E-state index in [-0.39, 0.29) is 12.5 Å². The zero-order valence-corrected chi connectivity index (χ0v) is 15.3. The summed E-state index contributed by atoms with van der Waals surface area (Å²) in [5, 5.41) is 0.799. The first-order valence-corrected chi connectivity index (χ1v) is 8.96. The average molecular weight is 360 g/mol. The van der Waals surface area contributed by atoms with Crippen molar-refractivity contribution >= 4 is 23.2 Å². The fraction of sp³-hybridized carbons (Fsp3) is 0.389. The molecule has 1 saturated heterocycles. The number of thiazole rings is 1. The van der Waals surface area contributed by atoms with Crippen molar-refractivity contribution in [3.8, 4) is 10.4 Å². The highest BCUT2D eigenvalue weighted by molar-refractivity contribution is 7.15. The van der Waals surface area contributed by atoms with Gasteiger partial charge in [-0.2, -0.15) is 0 Å². The Bertz CT molecular complexity index is 802. The van der Waals surface area contributed by atoms with Gasteiger partial charge in [0.1, 0.15) is 5.69 Å². The van der Waals surface area contributed by atoms with Crippen LogP contribution in [0.2, 0.25) is 0 Å². The van der Waals surface area contributed by atoms with E-state index in [0.717, 1.165) is 21.0 Å². The summed E-state index contributed by atoms with van der Waals surface area (Å²) in [5.41, 5.74) is 2.41. The zero-order valence-electron chi connectivity index (χ0n) is 14.4. The lowest BCUT2D eigenvalue weighted by Crippen LogP contribution is -2.42. The smallest absolute Gasteiger partial charge is 0.356 e. The molecule has 3 rings (SSSR count). The summed E-state index contributed by atoms with van der Waals surface area (Å²) >= 11 is 1.47. The fourth-order valence-corrected chi connectivity index (χ4v) is 3.68. The van der Waals surface area contributed by atoms with Crippen LogP contribution in [0.25, 0.3) is 10.4 Å². The Kier molecular flexibility index (Phi) is 5.15. The number of aryl methyl sites for hydroxylation is 2. The fourth-order valence-electron chi connectivity index (χ4n) is 2.78. The molecule has 0 spiro atoms. The molecule has 6 nitrogen and oxygen atoms in total. The molecule has 132 valence electrons. The van der Waals surface area contributed by atoms with Gasteiger partial charge in [-0.3, -0.25) is 9.69 Å². The Morgan fingerprint density at radius 3 is 2.92 bits per heavy atom. The lowest BCUT2D eigenvalue weighted by atomic mass is 10.1. The van der Waals surface area contributed by atoms with E-state index in [2.05, 4.69) is 4.98 Å². The van der Waals surface area contributed by atoms with Gasteiger partial charge >= 0.3 is 5.97 Å². The second-order valence-corrected chi connectivity index (χ2v) is 6.96. The summed E-state index contributed by atoms with van der Waals surface area (Å²) in [4.78, 5) is 31.7. The number of ether oxygens (including phenoxy) is 2. The van der Waals surface area contributed by atoms with Crippen LogP contribution in [0.1, 0.15) is 28.0 Å². The molecule has 0 bridgehead atoms. The summed E-state index contributed by atoms with van der Waals surface area (Å²) in [7, 11) is 0. The van der Waals surface area contributed by atoms with Crippen molar-refractivity contribution < 1.29 is 19.1 Å².